The van der Waals surface area contributed by atoms with E-state index in [1.54, 1.807) is 0 Å². The molecule has 1 heterocycles. The molecule has 0 saturated carbocycles. The van der Waals surface area contributed by atoms with Gasteiger partial charge in [-0.05, 0) is 0 Å². The van der Waals surface area contributed by atoms with Gasteiger partial charge in [0.1, 0.15) is 6.34 Å². The highest BCUT2D eigenvalue weighted by Gasteiger charge is 2.72. The quantitative estimate of drug-likeness (QED) is 0.627. The van der Waals surface area contributed by atoms with Crippen LogP contribution in [0.5, 0.6) is 0 Å². The number of rotatable bonds is 2. The molecule has 0 aromatic rings. The van der Waals surface area contributed by atoms with Crippen LogP contribution >= 0.6 is 0 Å². The zero-order chi connectivity index (χ0) is 15.3. The molecule has 1 N–H and O–H groups in total. The van der Waals surface area contributed by atoms with E-state index < -0.39 is 41.7 Å². The van der Waals surface area contributed by atoms with Crippen LogP contribution in [0, 0.1) is 0 Å². The molecule has 1 atom stereocenters. The van der Waals surface area contributed by atoms with Crippen LogP contribution in [0.4, 0.5) is 43.9 Å². The van der Waals surface area contributed by atoms with Crippen LogP contribution in [0.1, 0.15) is 0 Å². The Morgan fingerprint density at radius 2 is 1.32 bits per heavy atom. The lowest BCUT2D eigenvalue weighted by Crippen LogP contribution is -2.65. The Hall–Kier alpha value is -1.43. The van der Waals surface area contributed by atoms with Gasteiger partial charge < -0.3 is 0 Å². The summed E-state index contributed by atoms with van der Waals surface area (Å²) in [4.78, 5) is -1.53. The summed E-state index contributed by atoms with van der Waals surface area (Å²) in [6.07, 6.45) is -16.9. The Morgan fingerprint density at radius 3 is 1.68 bits per heavy atom. The van der Waals surface area contributed by atoms with Gasteiger partial charge in [-0.3, -0.25) is 10.3 Å². The minimum atomic E-state index is -6.36. The number of alkyl halides is 10. The third-order valence-corrected chi connectivity index (χ3v) is 2.04. The fraction of sp³-hybridized carbons (Fsp3) is 0.833. The number of hydrazone groups is 1. The second-order valence-corrected chi connectivity index (χ2v) is 3.34. The third kappa shape index (κ3) is 2.36. The van der Waals surface area contributed by atoms with Gasteiger partial charge >= 0.3 is 24.3 Å². The van der Waals surface area contributed by atoms with Gasteiger partial charge in [0.2, 0.25) is 0 Å². The first-order chi connectivity index (χ1) is 8.23. The molecule has 1 unspecified atom stereocenters. The van der Waals surface area contributed by atoms with E-state index in [2.05, 4.69) is 5.10 Å². The summed E-state index contributed by atoms with van der Waals surface area (Å²) < 4.78 is 123. The highest BCUT2D eigenvalue weighted by Crippen LogP contribution is 2.45. The number of nitrogens with zero attached hydrogens (tertiary/aromatic N) is 2. The van der Waals surface area contributed by atoms with E-state index in [0.717, 1.165) is 5.43 Å². The predicted octanol–water partition coefficient (Wildman–Crippen LogP) is 2.51. The SMILES string of the molecule is FC(F)(F)C(F)(F)C1NN=CN1C(F)(F)C(F)(F)F. The van der Waals surface area contributed by atoms with Gasteiger partial charge in [-0.2, -0.15) is 49.0 Å². The van der Waals surface area contributed by atoms with Crippen molar-refractivity contribution in [1.82, 2.24) is 10.3 Å². The molecule has 0 bridgehead atoms. The smallest absolute Gasteiger partial charge is 0.279 e. The topological polar surface area (TPSA) is 27.6 Å². The summed E-state index contributed by atoms with van der Waals surface area (Å²) in [5, 5.41) is 2.40. The molecule has 3 nitrogen and oxygen atoms in total. The van der Waals surface area contributed by atoms with E-state index in [0.29, 0.717) is 0 Å². The second-order valence-electron chi connectivity index (χ2n) is 3.34. The third-order valence-electron chi connectivity index (χ3n) is 2.04. The molecule has 1 rings (SSSR count). The van der Waals surface area contributed by atoms with Crippen LogP contribution in [0.25, 0.3) is 0 Å². The molecule has 0 amide bonds. The summed E-state index contributed by atoms with van der Waals surface area (Å²) in [5.41, 5.74) is 0.877. The van der Waals surface area contributed by atoms with Gasteiger partial charge in [0, 0.05) is 0 Å². The summed E-state index contributed by atoms with van der Waals surface area (Å²) >= 11 is 0. The lowest BCUT2D eigenvalue weighted by atomic mass is 10.2. The fourth-order valence-electron chi connectivity index (χ4n) is 1.09. The summed E-state index contributed by atoms with van der Waals surface area (Å²) in [7, 11) is 0. The lowest BCUT2D eigenvalue weighted by Gasteiger charge is -2.36. The molecule has 0 spiro atoms. The fourth-order valence-corrected chi connectivity index (χ4v) is 1.09. The maximum atomic E-state index is 12.8. The van der Waals surface area contributed by atoms with Gasteiger partial charge in [0.25, 0.3) is 0 Å². The molecular weight excluding hydrogens is 304 g/mol. The minimum absolute atomic E-state index is 0.474. The zero-order valence-corrected chi connectivity index (χ0v) is 8.33. The number of hydrogen-bond donors (Lipinski definition) is 1. The Balaban J connectivity index is 3.14. The largest absolute Gasteiger partial charge is 0.475 e. The van der Waals surface area contributed by atoms with Crippen LogP contribution in [-0.4, -0.2) is 41.7 Å². The number of hydrogen-bond acceptors (Lipinski definition) is 3. The molecule has 112 valence electrons. The Labute approximate surface area is 97.4 Å². The molecule has 19 heavy (non-hydrogen) atoms. The number of halogens is 10. The van der Waals surface area contributed by atoms with Crippen molar-refractivity contribution in [2.24, 2.45) is 5.10 Å². The van der Waals surface area contributed by atoms with Crippen molar-refractivity contribution in [1.29, 1.82) is 0 Å². The van der Waals surface area contributed by atoms with Crippen LogP contribution in [0.2, 0.25) is 0 Å². The Kier molecular flexibility index (Phi) is 3.31. The Morgan fingerprint density at radius 1 is 0.842 bits per heavy atom. The molecule has 13 heteroatoms. The second kappa shape index (κ2) is 4.03. The van der Waals surface area contributed by atoms with E-state index in [1.165, 1.54) is 0 Å². The molecule has 0 aromatic carbocycles. The van der Waals surface area contributed by atoms with Crippen LogP contribution in [0.3, 0.4) is 0 Å². The first-order valence-electron chi connectivity index (χ1n) is 4.19. The van der Waals surface area contributed by atoms with Crippen molar-refractivity contribution in [3.8, 4) is 0 Å². The Bertz CT molecular complexity index is 368. The molecule has 0 aromatic heterocycles. The van der Waals surface area contributed by atoms with Crippen molar-refractivity contribution in [2.75, 3.05) is 0 Å². The van der Waals surface area contributed by atoms with Gasteiger partial charge in [-0.1, -0.05) is 0 Å². The van der Waals surface area contributed by atoms with Crippen molar-refractivity contribution in [2.45, 2.75) is 30.5 Å². The van der Waals surface area contributed by atoms with E-state index in [1.807, 2.05) is 0 Å². The first-order valence-corrected chi connectivity index (χ1v) is 4.19. The molecular formula is C6H3F10N3. The molecule has 1 aliphatic heterocycles. The van der Waals surface area contributed by atoms with Gasteiger partial charge in [-0.15, -0.1) is 0 Å². The summed E-state index contributed by atoms with van der Waals surface area (Å²) in [5.74, 6) is -5.88. The van der Waals surface area contributed by atoms with Crippen molar-refractivity contribution >= 4 is 6.34 Å². The van der Waals surface area contributed by atoms with Gasteiger partial charge in [0.05, 0.1) is 0 Å². The monoisotopic (exact) mass is 307 g/mol. The van der Waals surface area contributed by atoms with E-state index in [4.69, 9.17) is 0 Å². The normalized spacial score (nSPS) is 21.8. The molecule has 0 aliphatic carbocycles. The number of nitrogens with one attached hydrogen (secondary N) is 1. The summed E-state index contributed by atoms with van der Waals surface area (Å²) in [6, 6.07) is -5.95. The van der Waals surface area contributed by atoms with Crippen molar-refractivity contribution < 1.29 is 43.9 Å². The molecule has 0 fully saturated rings. The maximum Gasteiger partial charge on any atom is 0.475 e. The maximum absolute atomic E-state index is 12.8. The van der Waals surface area contributed by atoms with Gasteiger partial charge in [0.15, 0.2) is 6.17 Å². The van der Waals surface area contributed by atoms with Crippen LogP contribution < -0.4 is 5.43 Å². The average molecular weight is 307 g/mol. The van der Waals surface area contributed by atoms with Crippen molar-refractivity contribution in [3.05, 3.63) is 0 Å². The molecule has 0 radical (unpaired) electrons. The van der Waals surface area contributed by atoms with Crippen molar-refractivity contribution in [3.63, 3.8) is 0 Å². The zero-order valence-electron chi connectivity index (χ0n) is 8.33. The first kappa shape index (κ1) is 15.6. The van der Waals surface area contributed by atoms with Crippen LogP contribution in [0.15, 0.2) is 5.10 Å². The minimum Gasteiger partial charge on any atom is -0.279 e. The highest BCUT2D eigenvalue weighted by atomic mass is 19.4. The van der Waals surface area contributed by atoms with Crippen LogP contribution in [-0.2, 0) is 0 Å². The predicted molar refractivity (Wildman–Crippen MR) is 39.3 cm³/mol. The summed E-state index contributed by atoms with van der Waals surface area (Å²) in [6.45, 7) is 0. The van der Waals surface area contributed by atoms with Gasteiger partial charge in [-0.25, -0.2) is 0 Å². The average Bonchev–Trinajstić information content (AvgIpc) is 2.62. The molecule has 0 saturated heterocycles. The lowest BCUT2D eigenvalue weighted by molar-refractivity contribution is -0.359. The standard InChI is InChI=1S/C6H3F10N3/c7-3(8,4(9,10)11)2-18-17-1-19(2)6(15,16)5(12,13)14/h1-2,18H. The highest BCUT2D eigenvalue weighted by molar-refractivity contribution is 5.58. The van der Waals surface area contributed by atoms with E-state index >= 15 is 0 Å². The molecule has 1 aliphatic rings. The van der Waals surface area contributed by atoms with E-state index in [9.17, 15) is 43.9 Å². The van der Waals surface area contributed by atoms with E-state index in [-0.39, 0.29) is 0 Å².